The third-order valence-electron chi connectivity index (χ3n) is 5.91. The van der Waals surface area contributed by atoms with Crippen LogP contribution < -0.4 is 19.9 Å². The van der Waals surface area contributed by atoms with Crippen LogP contribution in [-0.2, 0) is 15.9 Å². The Morgan fingerprint density at radius 1 is 0.833 bits per heavy atom. The van der Waals surface area contributed by atoms with Crippen LogP contribution >= 0.6 is 0 Å². The van der Waals surface area contributed by atoms with Gasteiger partial charge in [-0.2, -0.15) is 0 Å². The number of nitrogens with one attached hydrogen (secondary N) is 1. The zero-order chi connectivity index (χ0) is 20.3. The number of nitrogens with zero attached hydrogens (tertiary/aromatic N) is 2. The highest BCUT2D eigenvalue weighted by atomic mass is 16.5. The monoisotopic (exact) mass is 409 g/mol. The molecule has 0 atom stereocenters. The van der Waals surface area contributed by atoms with E-state index in [9.17, 15) is 4.79 Å². The third-order valence-corrected chi connectivity index (χ3v) is 5.91. The minimum absolute atomic E-state index is 0.0988. The van der Waals surface area contributed by atoms with Crippen molar-refractivity contribution >= 4 is 23.0 Å². The quantitative estimate of drug-likeness (QED) is 0.838. The Morgan fingerprint density at radius 2 is 1.57 bits per heavy atom. The van der Waals surface area contributed by atoms with Gasteiger partial charge in [0.1, 0.15) is 5.75 Å². The molecule has 0 aromatic heterocycles. The van der Waals surface area contributed by atoms with E-state index in [0.717, 1.165) is 74.2 Å². The normalized spacial score (nSPS) is 18.7. The maximum absolute atomic E-state index is 13.0. The first-order valence-electron chi connectivity index (χ1n) is 10.6. The zero-order valence-electron chi connectivity index (χ0n) is 17.1. The van der Waals surface area contributed by atoms with Gasteiger partial charge in [-0.15, -0.1) is 0 Å². The van der Waals surface area contributed by atoms with E-state index >= 15 is 0 Å². The van der Waals surface area contributed by atoms with Crippen LogP contribution in [0.3, 0.4) is 0 Å². The number of carbonyl (C=O) groups excluding carboxylic acids is 1. The van der Waals surface area contributed by atoms with Crippen molar-refractivity contribution in [2.24, 2.45) is 0 Å². The van der Waals surface area contributed by atoms with Crippen molar-refractivity contribution in [1.82, 2.24) is 0 Å². The molecule has 0 bridgehead atoms. The fourth-order valence-corrected chi connectivity index (χ4v) is 4.23. The minimum atomic E-state index is -0.0988. The van der Waals surface area contributed by atoms with Crippen molar-refractivity contribution in [1.29, 1.82) is 0 Å². The lowest BCUT2D eigenvalue weighted by molar-refractivity contribution is 0.102. The van der Waals surface area contributed by atoms with Gasteiger partial charge < -0.3 is 29.3 Å². The van der Waals surface area contributed by atoms with Crippen LogP contribution in [0.5, 0.6) is 5.75 Å². The Balaban J connectivity index is 1.41. The lowest BCUT2D eigenvalue weighted by atomic mass is 10.1. The molecule has 3 aliphatic rings. The average Bonchev–Trinajstić information content (AvgIpc) is 3.28. The van der Waals surface area contributed by atoms with Crippen molar-refractivity contribution in [2.45, 2.75) is 6.42 Å². The van der Waals surface area contributed by atoms with E-state index in [-0.39, 0.29) is 5.91 Å². The summed E-state index contributed by atoms with van der Waals surface area (Å²) in [5.41, 5.74) is 4.78. The Kier molecular flexibility index (Phi) is 5.46. The number of hydrogen-bond acceptors (Lipinski definition) is 6. The summed E-state index contributed by atoms with van der Waals surface area (Å²) in [4.78, 5) is 17.6. The molecule has 0 saturated carbocycles. The third kappa shape index (κ3) is 3.95. The summed E-state index contributed by atoms with van der Waals surface area (Å²) in [7, 11) is 0. The van der Waals surface area contributed by atoms with Crippen molar-refractivity contribution in [3.63, 3.8) is 0 Å². The molecule has 3 aliphatic heterocycles. The molecule has 158 valence electrons. The molecule has 7 heteroatoms. The van der Waals surface area contributed by atoms with Crippen LogP contribution in [0.25, 0.3) is 0 Å². The minimum Gasteiger partial charge on any atom is -0.493 e. The van der Waals surface area contributed by atoms with Gasteiger partial charge >= 0.3 is 0 Å². The van der Waals surface area contributed by atoms with E-state index in [0.29, 0.717) is 25.4 Å². The zero-order valence-corrected chi connectivity index (χ0v) is 17.1. The molecule has 30 heavy (non-hydrogen) atoms. The summed E-state index contributed by atoms with van der Waals surface area (Å²) in [6.45, 7) is 6.94. The summed E-state index contributed by atoms with van der Waals surface area (Å²) >= 11 is 0. The van der Waals surface area contributed by atoms with Crippen LogP contribution in [0.2, 0.25) is 0 Å². The number of morpholine rings is 2. The van der Waals surface area contributed by atoms with Gasteiger partial charge in [0.15, 0.2) is 0 Å². The summed E-state index contributed by atoms with van der Waals surface area (Å²) in [5.74, 6) is 0.786. The van der Waals surface area contributed by atoms with E-state index in [4.69, 9.17) is 14.2 Å². The fraction of sp³-hybridized carbons (Fsp3) is 0.435. The number of carbonyl (C=O) groups is 1. The highest BCUT2D eigenvalue weighted by molar-refractivity contribution is 6.06. The molecule has 3 heterocycles. The van der Waals surface area contributed by atoms with Gasteiger partial charge in [0, 0.05) is 43.9 Å². The van der Waals surface area contributed by atoms with Crippen molar-refractivity contribution in [2.75, 3.05) is 74.3 Å². The van der Waals surface area contributed by atoms with E-state index in [1.54, 1.807) is 0 Å². The summed E-state index contributed by atoms with van der Waals surface area (Å²) < 4.78 is 16.6. The Bertz CT molecular complexity index is 921. The molecule has 2 aromatic rings. The first kappa shape index (κ1) is 19.2. The van der Waals surface area contributed by atoms with E-state index in [1.165, 1.54) is 0 Å². The summed E-state index contributed by atoms with van der Waals surface area (Å²) in [5, 5.41) is 3.14. The number of benzene rings is 2. The van der Waals surface area contributed by atoms with Crippen LogP contribution in [0.4, 0.5) is 17.1 Å². The second-order valence-corrected chi connectivity index (χ2v) is 7.78. The second-order valence-electron chi connectivity index (χ2n) is 7.78. The molecule has 2 saturated heterocycles. The summed E-state index contributed by atoms with van der Waals surface area (Å²) in [6.07, 6.45) is 0.851. The average molecular weight is 409 g/mol. The molecule has 2 aromatic carbocycles. The van der Waals surface area contributed by atoms with E-state index in [2.05, 4.69) is 27.2 Å². The molecule has 1 N–H and O–H groups in total. The lowest BCUT2D eigenvalue weighted by Gasteiger charge is -2.33. The highest BCUT2D eigenvalue weighted by Crippen LogP contribution is 2.33. The molecule has 0 unspecified atom stereocenters. The van der Waals surface area contributed by atoms with Gasteiger partial charge in [0.05, 0.1) is 44.4 Å². The Hall–Kier alpha value is -2.77. The van der Waals surface area contributed by atoms with Crippen LogP contribution in [0.1, 0.15) is 15.9 Å². The first-order valence-corrected chi connectivity index (χ1v) is 10.6. The number of rotatable bonds is 4. The van der Waals surface area contributed by atoms with Gasteiger partial charge in [-0.05, 0) is 42.0 Å². The largest absolute Gasteiger partial charge is 0.493 e. The second kappa shape index (κ2) is 8.53. The molecule has 5 rings (SSSR count). The number of anilines is 3. The topological polar surface area (TPSA) is 63.3 Å². The SMILES string of the molecule is O=C(Nc1ccc(N2CCOCC2)cc1N1CCOCC1)c1ccc2c(c1)CCO2. The smallest absolute Gasteiger partial charge is 0.255 e. The molecule has 0 spiro atoms. The van der Waals surface area contributed by atoms with Gasteiger partial charge in [-0.1, -0.05) is 0 Å². The molecule has 2 fully saturated rings. The standard InChI is InChI=1S/C23H27N3O4/c27-23(18-1-4-22-17(15-18)5-10-30-22)24-20-3-2-19(25-6-11-28-12-7-25)16-21(20)26-8-13-29-14-9-26/h1-4,15-16H,5-14H2,(H,24,27). The Morgan fingerprint density at radius 3 is 2.33 bits per heavy atom. The van der Waals surface area contributed by atoms with Crippen LogP contribution in [0, 0.1) is 0 Å². The molecule has 0 radical (unpaired) electrons. The van der Waals surface area contributed by atoms with Gasteiger partial charge in [-0.25, -0.2) is 0 Å². The van der Waals surface area contributed by atoms with E-state index in [1.807, 2.05) is 24.3 Å². The highest BCUT2D eigenvalue weighted by Gasteiger charge is 2.21. The number of fused-ring (bicyclic) bond motifs is 1. The van der Waals surface area contributed by atoms with Crippen molar-refractivity contribution in [3.8, 4) is 5.75 Å². The lowest BCUT2D eigenvalue weighted by Crippen LogP contribution is -2.38. The molecule has 1 amide bonds. The fourth-order valence-electron chi connectivity index (χ4n) is 4.23. The van der Waals surface area contributed by atoms with Gasteiger partial charge in [0.2, 0.25) is 0 Å². The van der Waals surface area contributed by atoms with Crippen molar-refractivity contribution in [3.05, 3.63) is 47.5 Å². The van der Waals surface area contributed by atoms with E-state index < -0.39 is 0 Å². The molecule has 0 aliphatic carbocycles. The number of hydrogen-bond donors (Lipinski definition) is 1. The van der Waals surface area contributed by atoms with Crippen LogP contribution in [-0.4, -0.2) is 65.1 Å². The molecular weight excluding hydrogens is 382 g/mol. The number of amides is 1. The number of ether oxygens (including phenoxy) is 3. The maximum Gasteiger partial charge on any atom is 0.255 e. The predicted octanol–water partition coefficient (Wildman–Crippen LogP) is 2.55. The maximum atomic E-state index is 13.0. The van der Waals surface area contributed by atoms with Crippen molar-refractivity contribution < 1.29 is 19.0 Å². The molecule has 7 nitrogen and oxygen atoms in total. The van der Waals surface area contributed by atoms with Gasteiger partial charge in [0.25, 0.3) is 5.91 Å². The van der Waals surface area contributed by atoms with Crippen LogP contribution in [0.15, 0.2) is 36.4 Å². The summed E-state index contributed by atoms with van der Waals surface area (Å²) in [6, 6.07) is 11.9. The predicted molar refractivity (Wildman–Crippen MR) is 116 cm³/mol. The Labute approximate surface area is 176 Å². The molecular formula is C23H27N3O4. The van der Waals surface area contributed by atoms with Gasteiger partial charge in [-0.3, -0.25) is 4.79 Å². The first-order chi connectivity index (χ1) is 14.8.